The Morgan fingerprint density at radius 1 is 1.00 bits per heavy atom. The monoisotopic (exact) mass is 101 g/mol. The maximum atomic E-state index is 8.24. The van der Waals surface area contributed by atoms with E-state index in [9.17, 15) is 0 Å². The zero-order valence-electron chi connectivity index (χ0n) is 3.42. The third-order valence-electron chi connectivity index (χ3n) is 0. The molecule has 0 saturated heterocycles. The maximum Gasteiger partial charge on any atom is -0.0159 e. The molecule has 0 aromatic rings. The van der Waals surface area contributed by atoms with Crippen LogP contribution in [0.5, 0.6) is 0 Å². The molecule has 0 aliphatic rings. The molecule has 0 aromatic carbocycles. The van der Waals surface area contributed by atoms with Crippen molar-refractivity contribution in [3.63, 3.8) is 0 Å². The highest BCUT2D eigenvalue weighted by molar-refractivity contribution is 5.37. The Morgan fingerprint density at radius 2 is 1.00 bits per heavy atom. The first-order chi connectivity index (χ1) is 2.83. The molecule has 5 heteroatoms. The van der Waals surface area contributed by atoms with Crippen LogP contribution in [0.1, 0.15) is 0 Å². The minimum absolute atomic E-state index is 0. The topological polar surface area (TPSA) is 114 Å². The second-order valence-electron chi connectivity index (χ2n) is 0.183. The molecule has 0 aromatic heterocycles. The van der Waals surface area contributed by atoms with Crippen LogP contribution >= 0.6 is 0 Å². The summed E-state index contributed by atoms with van der Waals surface area (Å²) in [5.41, 5.74) is 0. The molecule has 7 heavy (non-hydrogen) atoms. The number of isocyanates is 2. The molecule has 0 bridgehead atoms. The van der Waals surface area contributed by atoms with Crippen LogP contribution in [0.25, 0.3) is 10.8 Å². The fourth-order valence-corrected chi connectivity index (χ4v) is 0. The lowest BCUT2D eigenvalue weighted by atomic mass is 11.7. The molecule has 3 N–H and O–H groups in total. The quantitative estimate of drug-likeness (QED) is 0.340. The van der Waals surface area contributed by atoms with Crippen molar-refractivity contribution in [3.05, 3.63) is 10.8 Å². The summed E-state index contributed by atoms with van der Waals surface area (Å²) in [6, 6.07) is 0. The van der Waals surface area contributed by atoms with Crippen LogP contribution in [0.3, 0.4) is 0 Å². The first kappa shape index (κ1) is 17.2. The van der Waals surface area contributed by atoms with Crippen molar-refractivity contribution in [2.24, 2.45) is 0 Å². The first-order valence-corrected chi connectivity index (χ1v) is 0.855. The fraction of sp³-hybridized carbons (Fsp3) is 0. The molecule has 0 atom stereocenters. The van der Waals surface area contributed by atoms with Gasteiger partial charge in [0.25, 0.3) is 0 Å². The summed E-state index contributed by atoms with van der Waals surface area (Å²) >= 11 is 0. The van der Waals surface area contributed by atoms with Gasteiger partial charge in [0.05, 0.1) is 0 Å². The Hall–Kier alpha value is -1.28. The van der Waals surface area contributed by atoms with Gasteiger partial charge < -0.3 is 17.0 Å². The van der Waals surface area contributed by atoms with Gasteiger partial charge >= 0.3 is 0 Å². The average Bonchev–Trinajstić information content (AvgIpc) is 1.39. The van der Waals surface area contributed by atoms with Crippen LogP contribution in [0.15, 0.2) is 0 Å². The average molecular weight is 101 g/mol. The highest BCUT2D eigenvalue weighted by Crippen LogP contribution is 0.952. The molecule has 0 spiro atoms. The molecule has 0 radical (unpaired) electrons. The summed E-state index contributed by atoms with van der Waals surface area (Å²) in [6.45, 7) is 0. The molecule has 40 valence electrons. The number of rotatable bonds is 0. The number of hydrogen-bond acceptors (Lipinski definition) is 3. The standard InChI is InChI=1S/2CNO.H3N/c2*2-1-3;/h;;1H3/q2*-1;. The van der Waals surface area contributed by atoms with Gasteiger partial charge in [0.2, 0.25) is 0 Å². The normalized spacial score (nSPS) is 2.29. The molecule has 5 nitrogen and oxygen atoms in total. The van der Waals surface area contributed by atoms with Gasteiger partial charge in [-0.25, -0.2) is 0 Å². The number of carbonyl (C=O) groups excluding carboxylic acids is 2. The SMILES string of the molecule is N.[N-]=C=O.[N-]=C=O. The zero-order chi connectivity index (χ0) is 5.41. The van der Waals surface area contributed by atoms with E-state index in [0.717, 1.165) is 0 Å². The summed E-state index contributed by atoms with van der Waals surface area (Å²) in [5, 5.41) is 13.5. The minimum Gasteiger partial charge on any atom is -0.724 e. The number of hydrogen-bond donors (Lipinski definition) is 1. The van der Waals surface area contributed by atoms with Crippen molar-refractivity contribution in [2.45, 2.75) is 0 Å². The van der Waals surface area contributed by atoms with Crippen LogP contribution in [-0.4, -0.2) is 12.2 Å². The molecule has 0 fully saturated rings. The van der Waals surface area contributed by atoms with Gasteiger partial charge in [0.15, 0.2) is 0 Å². The zero-order valence-corrected chi connectivity index (χ0v) is 3.42. The predicted octanol–water partition coefficient (Wildman–Crippen LogP) is -0.0548. The molecular formula is C2H3N3O2-2. The highest BCUT2D eigenvalue weighted by Gasteiger charge is 0.793. The molecule has 0 rings (SSSR count). The third kappa shape index (κ3) is 21.3. The Bertz CT molecular complexity index is 64.9. The Balaban J connectivity index is -0.0000000400. The van der Waals surface area contributed by atoms with Crippen molar-refractivity contribution in [1.29, 1.82) is 0 Å². The van der Waals surface area contributed by atoms with Crippen molar-refractivity contribution in [2.75, 3.05) is 0 Å². The van der Waals surface area contributed by atoms with Gasteiger partial charge in [-0.2, -0.15) is 0 Å². The summed E-state index contributed by atoms with van der Waals surface area (Å²) in [7, 11) is 0. The van der Waals surface area contributed by atoms with Gasteiger partial charge in [-0.3, -0.25) is 9.59 Å². The van der Waals surface area contributed by atoms with E-state index in [0.29, 0.717) is 12.2 Å². The second-order valence-corrected chi connectivity index (χ2v) is 0.183. The second kappa shape index (κ2) is 126. The molecular weight excluding hydrogens is 98.0 g/mol. The molecule has 0 heterocycles. The van der Waals surface area contributed by atoms with Crippen molar-refractivity contribution >= 4 is 12.2 Å². The van der Waals surface area contributed by atoms with Crippen molar-refractivity contribution < 1.29 is 9.59 Å². The van der Waals surface area contributed by atoms with E-state index in [1.807, 2.05) is 0 Å². The van der Waals surface area contributed by atoms with Crippen molar-refractivity contribution in [1.82, 2.24) is 6.15 Å². The lowest BCUT2D eigenvalue weighted by Gasteiger charge is -1.32. The molecule has 0 aliphatic heterocycles. The fourth-order valence-electron chi connectivity index (χ4n) is 0. The Labute approximate surface area is 39.9 Å². The highest BCUT2D eigenvalue weighted by atomic mass is 16.1. The summed E-state index contributed by atoms with van der Waals surface area (Å²) in [5.74, 6) is 0. The largest absolute Gasteiger partial charge is 0.724 e. The van der Waals surface area contributed by atoms with E-state index in [1.165, 1.54) is 0 Å². The first-order valence-electron chi connectivity index (χ1n) is 0.855. The maximum absolute atomic E-state index is 8.24. The van der Waals surface area contributed by atoms with E-state index < -0.39 is 0 Å². The molecule has 0 aliphatic carbocycles. The van der Waals surface area contributed by atoms with Crippen LogP contribution in [0.4, 0.5) is 0 Å². The third-order valence-corrected chi connectivity index (χ3v) is 0. The Morgan fingerprint density at radius 3 is 1.00 bits per heavy atom. The van der Waals surface area contributed by atoms with Gasteiger partial charge in [-0.05, 0) is 12.2 Å². The summed E-state index contributed by atoms with van der Waals surface area (Å²) < 4.78 is 0. The van der Waals surface area contributed by atoms with Crippen LogP contribution < -0.4 is 6.15 Å². The lowest BCUT2D eigenvalue weighted by molar-refractivity contribution is 0.568. The lowest BCUT2D eigenvalue weighted by Crippen LogP contribution is -1.13. The molecule has 0 unspecified atom stereocenters. The van der Waals surface area contributed by atoms with E-state index in [2.05, 4.69) is 0 Å². The van der Waals surface area contributed by atoms with Crippen LogP contribution in [-0.2, 0) is 9.59 Å². The van der Waals surface area contributed by atoms with Gasteiger partial charge in [0.1, 0.15) is 0 Å². The van der Waals surface area contributed by atoms with Crippen LogP contribution in [0, 0.1) is 0 Å². The van der Waals surface area contributed by atoms with Gasteiger partial charge in [-0.1, -0.05) is 0 Å². The van der Waals surface area contributed by atoms with Gasteiger partial charge in [0, 0.05) is 0 Å². The van der Waals surface area contributed by atoms with E-state index in [-0.39, 0.29) is 6.15 Å². The van der Waals surface area contributed by atoms with E-state index in [1.54, 1.807) is 0 Å². The number of nitrogens with zero attached hydrogens (tertiary/aromatic N) is 2. The summed E-state index contributed by atoms with van der Waals surface area (Å²) in [6.07, 6.45) is 1.00. The molecule has 0 saturated carbocycles. The van der Waals surface area contributed by atoms with Gasteiger partial charge in [-0.15, -0.1) is 0 Å². The minimum atomic E-state index is 0. The summed E-state index contributed by atoms with van der Waals surface area (Å²) in [4.78, 5) is 16.5. The Kier molecular flexibility index (Phi) is 310. The van der Waals surface area contributed by atoms with Crippen LogP contribution in [0.2, 0.25) is 0 Å². The van der Waals surface area contributed by atoms with E-state index >= 15 is 0 Å². The predicted molar refractivity (Wildman–Crippen MR) is 23.1 cm³/mol. The van der Waals surface area contributed by atoms with Crippen molar-refractivity contribution in [3.8, 4) is 0 Å². The van der Waals surface area contributed by atoms with E-state index in [4.69, 9.17) is 20.4 Å². The molecule has 0 amide bonds. The smallest absolute Gasteiger partial charge is 0.0159 e.